The fraction of sp³-hybridized carbons (Fsp3) is 0.300. The molecule has 0 saturated heterocycles. The summed E-state index contributed by atoms with van der Waals surface area (Å²) >= 11 is 4.81. The molecule has 1 rings (SSSR count). The Bertz CT molecular complexity index is 289. The molecule has 0 saturated carbocycles. The van der Waals surface area contributed by atoms with Gasteiger partial charge in [0.05, 0.1) is 6.04 Å². The number of thiocarbonyl (C=S) groups is 1. The molecule has 4 N–H and O–H groups in total. The Morgan fingerprint density at radius 1 is 1.43 bits per heavy atom. The van der Waals surface area contributed by atoms with Gasteiger partial charge in [-0.25, -0.2) is 0 Å². The normalized spacial score (nSPS) is 12.1. The lowest BCUT2D eigenvalue weighted by atomic mass is 10.1. The molecule has 4 heteroatoms. The molecule has 0 fully saturated rings. The Hall–Kier alpha value is -0.970. The molecular weight excluding hydrogens is 196 g/mol. The van der Waals surface area contributed by atoms with E-state index in [1.54, 1.807) is 0 Å². The monoisotopic (exact) mass is 210 g/mol. The Labute approximate surface area is 88.9 Å². The molecular formula is C10H14N2OS. The number of hydrogen-bond donors (Lipinski definition) is 3. The zero-order valence-corrected chi connectivity index (χ0v) is 8.63. The first-order chi connectivity index (χ1) is 6.74. The van der Waals surface area contributed by atoms with Gasteiger partial charge in [-0.05, 0) is 18.4 Å². The molecule has 14 heavy (non-hydrogen) atoms. The smallest absolute Gasteiger partial charge is 0.117 e. The van der Waals surface area contributed by atoms with Gasteiger partial charge in [0.25, 0.3) is 0 Å². The number of hydrogen-bond acceptors (Lipinski definition) is 3. The summed E-state index contributed by atoms with van der Waals surface area (Å²) in [6, 6.07) is 9.76. The van der Waals surface area contributed by atoms with Crippen LogP contribution in [-0.4, -0.2) is 16.2 Å². The molecule has 0 amide bonds. The van der Waals surface area contributed by atoms with E-state index in [0.717, 1.165) is 12.8 Å². The van der Waals surface area contributed by atoms with Crippen LogP contribution in [0.5, 0.6) is 0 Å². The molecule has 1 aromatic rings. The number of benzene rings is 1. The Morgan fingerprint density at radius 3 is 2.64 bits per heavy atom. The Morgan fingerprint density at radius 2 is 2.07 bits per heavy atom. The summed E-state index contributed by atoms with van der Waals surface area (Å²) < 4.78 is 0. The summed E-state index contributed by atoms with van der Waals surface area (Å²) in [6.07, 6.45) is 1.60. The number of nitrogens with one attached hydrogen (secondary N) is 1. The van der Waals surface area contributed by atoms with E-state index in [2.05, 4.69) is 0 Å². The van der Waals surface area contributed by atoms with Crippen LogP contribution in [0.15, 0.2) is 30.3 Å². The average Bonchev–Trinajstić information content (AvgIpc) is 2.26. The predicted molar refractivity (Wildman–Crippen MR) is 60.3 cm³/mol. The summed E-state index contributed by atoms with van der Waals surface area (Å²) in [4.78, 5) is 0.293. The van der Waals surface area contributed by atoms with Gasteiger partial charge in [-0.15, -0.1) is 0 Å². The zero-order chi connectivity index (χ0) is 10.4. The van der Waals surface area contributed by atoms with Gasteiger partial charge < -0.3 is 5.73 Å². The van der Waals surface area contributed by atoms with Crippen LogP contribution >= 0.6 is 12.2 Å². The first kappa shape index (κ1) is 11.1. The van der Waals surface area contributed by atoms with Crippen molar-refractivity contribution in [3.8, 4) is 0 Å². The minimum Gasteiger partial charge on any atom is -0.322 e. The maximum absolute atomic E-state index is 8.53. The van der Waals surface area contributed by atoms with Crippen LogP contribution in [0, 0.1) is 0 Å². The third-order valence-corrected chi connectivity index (χ3v) is 2.43. The number of aryl methyl sites for hydroxylation is 1. The van der Waals surface area contributed by atoms with E-state index in [9.17, 15) is 0 Å². The van der Waals surface area contributed by atoms with Crippen LogP contribution in [-0.2, 0) is 6.42 Å². The minimum atomic E-state index is -0.282. The highest BCUT2D eigenvalue weighted by atomic mass is 32.1. The Balaban J connectivity index is 2.38. The van der Waals surface area contributed by atoms with Crippen molar-refractivity contribution in [2.45, 2.75) is 18.9 Å². The van der Waals surface area contributed by atoms with Crippen molar-refractivity contribution in [1.82, 2.24) is 5.48 Å². The first-order valence-corrected chi connectivity index (χ1v) is 4.88. The van der Waals surface area contributed by atoms with Crippen LogP contribution in [0.3, 0.4) is 0 Å². The lowest BCUT2D eigenvalue weighted by Gasteiger charge is -2.11. The van der Waals surface area contributed by atoms with E-state index in [-0.39, 0.29) is 6.04 Å². The molecule has 0 aliphatic rings. The van der Waals surface area contributed by atoms with Crippen molar-refractivity contribution < 1.29 is 5.21 Å². The van der Waals surface area contributed by atoms with Gasteiger partial charge >= 0.3 is 0 Å². The van der Waals surface area contributed by atoms with Crippen molar-refractivity contribution in [3.63, 3.8) is 0 Å². The molecule has 1 atom stereocenters. The first-order valence-electron chi connectivity index (χ1n) is 4.47. The maximum atomic E-state index is 8.53. The second-order valence-corrected chi connectivity index (χ2v) is 3.55. The van der Waals surface area contributed by atoms with Crippen LogP contribution in [0.2, 0.25) is 0 Å². The largest absolute Gasteiger partial charge is 0.322 e. The van der Waals surface area contributed by atoms with Crippen molar-refractivity contribution in [3.05, 3.63) is 35.9 Å². The molecule has 3 nitrogen and oxygen atoms in total. The zero-order valence-electron chi connectivity index (χ0n) is 7.81. The van der Waals surface area contributed by atoms with Crippen molar-refractivity contribution in [2.24, 2.45) is 5.73 Å². The predicted octanol–water partition coefficient (Wildman–Crippen LogP) is 1.25. The van der Waals surface area contributed by atoms with Gasteiger partial charge in [-0.3, -0.25) is 10.7 Å². The third-order valence-electron chi connectivity index (χ3n) is 2.03. The van der Waals surface area contributed by atoms with E-state index in [1.807, 2.05) is 35.8 Å². The highest BCUT2D eigenvalue weighted by Gasteiger charge is 2.07. The van der Waals surface area contributed by atoms with Crippen molar-refractivity contribution in [1.29, 1.82) is 0 Å². The highest BCUT2D eigenvalue weighted by molar-refractivity contribution is 7.80. The van der Waals surface area contributed by atoms with Crippen LogP contribution in [0.4, 0.5) is 0 Å². The summed E-state index contributed by atoms with van der Waals surface area (Å²) in [5.74, 6) is 0. The van der Waals surface area contributed by atoms with Gasteiger partial charge in [0.2, 0.25) is 0 Å². The molecule has 1 aromatic carbocycles. The van der Waals surface area contributed by atoms with E-state index in [1.165, 1.54) is 5.56 Å². The van der Waals surface area contributed by atoms with E-state index < -0.39 is 0 Å². The van der Waals surface area contributed by atoms with Crippen molar-refractivity contribution >= 4 is 17.2 Å². The van der Waals surface area contributed by atoms with Gasteiger partial charge in [0.1, 0.15) is 4.99 Å². The molecule has 0 bridgehead atoms. The highest BCUT2D eigenvalue weighted by Crippen LogP contribution is 2.04. The van der Waals surface area contributed by atoms with Gasteiger partial charge in [-0.2, -0.15) is 0 Å². The van der Waals surface area contributed by atoms with Crippen LogP contribution in [0.1, 0.15) is 12.0 Å². The second kappa shape index (κ2) is 5.70. The van der Waals surface area contributed by atoms with E-state index in [0.29, 0.717) is 4.99 Å². The fourth-order valence-electron chi connectivity index (χ4n) is 1.18. The Kier molecular flexibility index (Phi) is 4.52. The molecule has 0 heterocycles. The van der Waals surface area contributed by atoms with Crippen LogP contribution < -0.4 is 11.2 Å². The third kappa shape index (κ3) is 3.41. The lowest BCUT2D eigenvalue weighted by molar-refractivity contribution is 0.233. The van der Waals surface area contributed by atoms with Gasteiger partial charge in [-0.1, -0.05) is 42.5 Å². The quantitative estimate of drug-likeness (QED) is 0.517. The minimum absolute atomic E-state index is 0.282. The molecule has 0 spiro atoms. The summed E-state index contributed by atoms with van der Waals surface area (Å²) in [7, 11) is 0. The van der Waals surface area contributed by atoms with Crippen molar-refractivity contribution in [2.75, 3.05) is 0 Å². The standard InChI is InChI=1S/C10H14N2OS/c11-9(10(14)12-13)7-6-8-4-2-1-3-5-8/h1-5,9,13H,6-7,11H2,(H,12,14). The molecule has 0 aliphatic heterocycles. The summed E-state index contributed by atoms with van der Waals surface area (Å²) in [5, 5.41) is 8.53. The fourth-order valence-corrected chi connectivity index (χ4v) is 1.30. The van der Waals surface area contributed by atoms with E-state index >= 15 is 0 Å². The maximum Gasteiger partial charge on any atom is 0.117 e. The van der Waals surface area contributed by atoms with E-state index in [4.69, 9.17) is 23.2 Å². The summed E-state index contributed by atoms with van der Waals surface area (Å²) in [6.45, 7) is 0. The number of rotatable bonds is 4. The van der Waals surface area contributed by atoms with Crippen LogP contribution in [0.25, 0.3) is 0 Å². The molecule has 0 radical (unpaired) electrons. The topological polar surface area (TPSA) is 58.3 Å². The lowest BCUT2D eigenvalue weighted by Crippen LogP contribution is -2.37. The number of nitrogens with two attached hydrogens (primary N) is 1. The van der Waals surface area contributed by atoms with Gasteiger partial charge in [0, 0.05) is 0 Å². The number of hydroxylamine groups is 1. The second-order valence-electron chi connectivity index (χ2n) is 3.11. The molecule has 0 aliphatic carbocycles. The molecule has 1 unspecified atom stereocenters. The SMILES string of the molecule is NC(CCc1ccccc1)C(=S)NO. The summed E-state index contributed by atoms with van der Waals surface area (Å²) in [5.41, 5.74) is 8.84. The molecule has 76 valence electrons. The molecule has 0 aromatic heterocycles. The average molecular weight is 210 g/mol. The van der Waals surface area contributed by atoms with Gasteiger partial charge in [0.15, 0.2) is 0 Å².